The molecular weight excluding hydrogens is 909 g/mol. The van der Waals surface area contributed by atoms with Crippen molar-refractivity contribution in [2.75, 3.05) is 39.3 Å². The highest BCUT2D eigenvalue weighted by molar-refractivity contribution is 7.49. The molecule has 0 spiro atoms. The number of aromatic nitrogens is 3. The van der Waals surface area contributed by atoms with E-state index in [1.807, 2.05) is 26.0 Å². The molecule has 2 fully saturated rings. The van der Waals surface area contributed by atoms with Crippen LogP contribution in [0.3, 0.4) is 0 Å². The van der Waals surface area contributed by atoms with Crippen molar-refractivity contribution >= 4 is 30.8 Å². The molecule has 2 aliphatic heterocycles. The zero-order chi connectivity index (χ0) is 48.4. The summed E-state index contributed by atoms with van der Waals surface area (Å²) in [7, 11) is -2.97. The lowest BCUT2D eigenvalue weighted by Crippen LogP contribution is -2.44. The Morgan fingerprint density at radius 3 is 2.19 bits per heavy atom. The Hall–Kier alpha value is -3.81. The lowest BCUT2D eigenvalue weighted by Gasteiger charge is -2.32. The lowest BCUT2D eigenvalue weighted by atomic mass is 9.97. The number of anilines is 1. The number of rotatable bonds is 32. The summed E-state index contributed by atoms with van der Waals surface area (Å²) in [6, 6.07) is 17.6. The minimum absolute atomic E-state index is 0.0936. The zero-order valence-corrected chi connectivity index (χ0v) is 42.4. The van der Waals surface area contributed by atoms with E-state index < -0.39 is 43.6 Å². The Morgan fingerprint density at radius 2 is 1.53 bits per heavy atom. The summed E-state index contributed by atoms with van der Waals surface area (Å²) in [5.41, 5.74) is 7.38. The van der Waals surface area contributed by atoms with Crippen LogP contribution in [-0.2, 0) is 43.9 Å². The number of nitriles is 1. The summed E-state index contributed by atoms with van der Waals surface area (Å²) < 4.78 is 72.7. The molecule has 6 atom stereocenters. The van der Waals surface area contributed by atoms with Crippen LogP contribution in [-0.4, -0.2) is 77.8 Å². The van der Waals surface area contributed by atoms with Crippen LogP contribution in [0, 0.1) is 11.3 Å². The highest BCUT2D eigenvalue weighted by Crippen LogP contribution is 2.55. The highest BCUT2D eigenvalue weighted by atomic mass is 35.5. The molecule has 6 rings (SSSR count). The Kier molecular flexibility index (Phi) is 20.8. The van der Waals surface area contributed by atoms with Gasteiger partial charge in [-0.25, -0.2) is 14.1 Å². The second kappa shape index (κ2) is 26.4. The molecule has 17 heteroatoms. The van der Waals surface area contributed by atoms with Gasteiger partial charge in [-0.1, -0.05) is 133 Å². The first kappa shape index (κ1) is 53.5. The number of nitrogens with two attached hydrogens (primary N) is 1. The molecule has 15 nitrogen and oxygen atoms in total. The monoisotopic (exact) mass is 981 g/mol. The molecule has 0 bridgehead atoms. The molecule has 2 aliphatic rings. The van der Waals surface area contributed by atoms with Gasteiger partial charge in [-0.2, -0.15) is 10.4 Å². The summed E-state index contributed by atoms with van der Waals surface area (Å²) in [5, 5.41) is 14.1. The predicted octanol–water partition coefficient (Wildman–Crippen LogP) is 12.3. The number of nitrogens with zero attached hydrogens (tertiary/aromatic N) is 4. The maximum Gasteiger partial charge on any atom is 0.530 e. The van der Waals surface area contributed by atoms with E-state index in [9.17, 15) is 9.83 Å². The molecule has 0 saturated carbocycles. The van der Waals surface area contributed by atoms with Crippen LogP contribution in [0.5, 0.6) is 11.5 Å². The average Bonchev–Trinajstić information content (AvgIpc) is 3.99. The van der Waals surface area contributed by atoms with E-state index in [2.05, 4.69) is 23.1 Å². The normalized spacial score (nSPS) is 21.1. The van der Waals surface area contributed by atoms with Gasteiger partial charge in [0.1, 0.15) is 53.4 Å². The van der Waals surface area contributed by atoms with E-state index in [0.29, 0.717) is 40.5 Å². The third-order valence-electron chi connectivity index (χ3n) is 12.5. The van der Waals surface area contributed by atoms with Gasteiger partial charge in [0.15, 0.2) is 11.6 Å². The number of ether oxygens (including phenoxy) is 6. The number of nitrogen functional groups attached to an aromatic ring is 1. The van der Waals surface area contributed by atoms with Crippen LogP contribution in [0.2, 0.25) is 5.02 Å². The van der Waals surface area contributed by atoms with Crippen LogP contribution in [0.25, 0.3) is 5.52 Å². The molecule has 68 heavy (non-hydrogen) atoms. The number of phosphoric acid groups is 1. The molecule has 4 heterocycles. The van der Waals surface area contributed by atoms with E-state index >= 15 is 0 Å². The number of hydrogen-bond donors (Lipinski definition) is 1. The third-order valence-corrected chi connectivity index (χ3v) is 14.2. The van der Waals surface area contributed by atoms with E-state index in [1.54, 1.807) is 53.9 Å². The zero-order valence-electron chi connectivity index (χ0n) is 40.7. The molecule has 2 saturated heterocycles. The first-order valence-electron chi connectivity index (χ1n) is 24.6. The summed E-state index contributed by atoms with van der Waals surface area (Å²) in [6.07, 6.45) is 19.3. The van der Waals surface area contributed by atoms with Crippen molar-refractivity contribution in [3.8, 4) is 17.6 Å². The number of fused-ring (bicyclic) bond motifs is 2. The number of unbranched alkanes of at least 4 members (excludes halogenated alkanes) is 15. The third kappa shape index (κ3) is 15.3. The first-order chi connectivity index (χ1) is 32.9. The number of para-hydroxylation sites is 1. The van der Waals surface area contributed by atoms with Gasteiger partial charge >= 0.3 is 7.82 Å². The summed E-state index contributed by atoms with van der Waals surface area (Å²) >= 11 is 6.53. The van der Waals surface area contributed by atoms with Crippen molar-refractivity contribution in [3.63, 3.8) is 0 Å². The minimum atomic E-state index is -4.51. The fraction of sp³-hybridized carbons (Fsp3) is 0.627. The predicted molar refractivity (Wildman–Crippen MR) is 262 cm³/mol. The van der Waals surface area contributed by atoms with Crippen molar-refractivity contribution in [1.82, 2.24) is 14.6 Å². The van der Waals surface area contributed by atoms with Crippen LogP contribution < -0.4 is 15.0 Å². The second-order valence-corrected chi connectivity index (χ2v) is 20.6. The van der Waals surface area contributed by atoms with Crippen molar-refractivity contribution in [2.45, 2.75) is 173 Å². The van der Waals surface area contributed by atoms with Crippen LogP contribution >= 0.6 is 19.4 Å². The van der Waals surface area contributed by atoms with E-state index in [-0.39, 0.29) is 37.2 Å². The Balaban J connectivity index is 1.07. The van der Waals surface area contributed by atoms with E-state index in [4.69, 9.17) is 59.3 Å². The maximum atomic E-state index is 14.9. The molecule has 2 unspecified atom stereocenters. The van der Waals surface area contributed by atoms with Gasteiger partial charge in [0.05, 0.1) is 55.9 Å². The Labute approximate surface area is 408 Å². The Morgan fingerprint density at radius 1 is 0.853 bits per heavy atom. The van der Waals surface area contributed by atoms with Crippen molar-refractivity contribution in [3.05, 3.63) is 82.8 Å². The number of halogens is 1. The minimum Gasteiger partial charge on any atom is -0.496 e. The highest BCUT2D eigenvalue weighted by Gasteiger charge is 2.62. The van der Waals surface area contributed by atoms with E-state index in [0.717, 1.165) is 19.3 Å². The molecule has 374 valence electrons. The van der Waals surface area contributed by atoms with Gasteiger partial charge in [-0.05, 0) is 63.6 Å². The number of phosphoric ester groups is 1. The molecular formula is C51H73ClN5O10P. The number of hydrogen-bond acceptors (Lipinski definition) is 14. The number of benzene rings is 2. The van der Waals surface area contributed by atoms with Gasteiger partial charge in [-0.15, -0.1) is 0 Å². The van der Waals surface area contributed by atoms with Crippen molar-refractivity contribution < 1.29 is 46.6 Å². The SMILES string of the molecule is CCCCCCCCCCCCCCCCCCOCC(COP(=O)(OC[C@@]1(C)O[C@@H](c2ccc3c(N)ncnn23)[C@@H]2OC(C)(C)O[C@@H]21)Oc1ccccc1Cl)OCc1ccc(C#N)cc1OC. The first-order valence-corrected chi connectivity index (χ1v) is 26.4. The summed E-state index contributed by atoms with van der Waals surface area (Å²) in [6.45, 7) is 7.94. The Bertz CT molecular complexity index is 2260. The molecule has 4 aromatic rings. The quantitative estimate of drug-likeness (QED) is 0.0360. The molecule has 2 N–H and O–H groups in total. The van der Waals surface area contributed by atoms with Gasteiger partial charge in [-0.3, -0.25) is 9.05 Å². The standard InChI is InChI=1S/C51H73ClN5O10P/c1-6-7-8-9-10-11-12-13-14-15-16-17-18-19-20-23-30-60-34-40(61-33-39-27-26-38(32-53)31-45(39)59-5)35-62-68(58,67-44-25-22-21-24-41(44)52)63-36-51(4)48-47(64-50(2,3)66-48)46(65-51)42-28-29-43-49(54)55-37-56-57(42)43/h21-22,24-29,31,37,40,46-48H,6-20,23,30,33-36H2,1-5H3,(H2,54,55,56)/t40?,46-,47-,48-,51+,68?/m0/s1. The lowest BCUT2D eigenvalue weighted by molar-refractivity contribution is -0.212. The van der Waals surface area contributed by atoms with Gasteiger partial charge in [0.2, 0.25) is 0 Å². The van der Waals surface area contributed by atoms with Gasteiger partial charge in [0.25, 0.3) is 0 Å². The van der Waals surface area contributed by atoms with Crippen LogP contribution in [0.4, 0.5) is 5.82 Å². The van der Waals surface area contributed by atoms with Crippen LogP contribution in [0.1, 0.15) is 153 Å². The average molecular weight is 983 g/mol. The maximum absolute atomic E-state index is 14.9. The van der Waals surface area contributed by atoms with Gasteiger partial charge < -0.3 is 38.7 Å². The van der Waals surface area contributed by atoms with Crippen molar-refractivity contribution in [1.29, 1.82) is 5.26 Å². The fourth-order valence-corrected chi connectivity index (χ4v) is 10.4. The van der Waals surface area contributed by atoms with Crippen LogP contribution in [0.15, 0.2) is 60.9 Å². The second-order valence-electron chi connectivity index (χ2n) is 18.6. The van der Waals surface area contributed by atoms with Crippen molar-refractivity contribution in [2.24, 2.45) is 0 Å². The smallest absolute Gasteiger partial charge is 0.496 e. The molecule has 0 radical (unpaired) electrons. The molecule has 2 aromatic heterocycles. The largest absolute Gasteiger partial charge is 0.530 e. The molecule has 0 aliphatic carbocycles. The fourth-order valence-electron chi connectivity index (χ4n) is 8.80. The summed E-state index contributed by atoms with van der Waals surface area (Å²) in [4.78, 5) is 4.12. The number of methoxy groups -OCH3 is 1. The van der Waals surface area contributed by atoms with Gasteiger partial charge in [0, 0.05) is 12.2 Å². The summed E-state index contributed by atoms with van der Waals surface area (Å²) in [5.74, 6) is -0.0542. The molecule has 0 amide bonds. The molecule has 2 aromatic carbocycles. The topological polar surface area (TPSA) is 180 Å². The van der Waals surface area contributed by atoms with E-state index in [1.165, 1.54) is 96.9 Å².